The highest BCUT2D eigenvalue weighted by molar-refractivity contribution is 7.91. The van der Waals surface area contributed by atoms with Gasteiger partial charge in [0, 0.05) is 38.2 Å². The zero-order valence-corrected chi connectivity index (χ0v) is 18.3. The minimum Gasteiger partial charge on any atom is -0.486 e. The van der Waals surface area contributed by atoms with E-state index in [1.54, 1.807) is 6.07 Å². The smallest absolute Gasteiger partial charge is 0.221 e. The predicted molar refractivity (Wildman–Crippen MR) is 117 cm³/mol. The van der Waals surface area contributed by atoms with Crippen molar-refractivity contribution in [3.63, 3.8) is 0 Å². The Kier molecular flexibility index (Phi) is 6.77. The highest BCUT2D eigenvalue weighted by Crippen LogP contribution is 2.32. The van der Waals surface area contributed by atoms with Gasteiger partial charge in [0.2, 0.25) is 5.91 Å². The van der Waals surface area contributed by atoms with E-state index in [1.165, 1.54) is 17.7 Å². The van der Waals surface area contributed by atoms with Gasteiger partial charge >= 0.3 is 0 Å². The minimum absolute atomic E-state index is 0.0546. The van der Waals surface area contributed by atoms with Crippen LogP contribution >= 0.6 is 0 Å². The predicted octanol–water partition coefficient (Wildman–Crippen LogP) is 2.40. The molecule has 2 aromatic carbocycles. The molecule has 0 bridgehead atoms. The van der Waals surface area contributed by atoms with Crippen LogP contribution < -0.4 is 14.8 Å². The van der Waals surface area contributed by atoms with Gasteiger partial charge < -0.3 is 14.8 Å². The van der Waals surface area contributed by atoms with Crippen LogP contribution in [0.4, 0.5) is 0 Å². The molecule has 0 spiro atoms. The number of nitrogens with one attached hydrogen (secondary N) is 1. The summed E-state index contributed by atoms with van der Waals surface area (Å²) in [6, 6.07) is 15.0. The number of rotatable bonds is 7. The summed E-state index contributed by atoms with van der Waals surface area (Å²) in [5.74, 6) is 0.522. The standard InChI is InChI=1S/C23H28N2O5S/c26-23(24-19-8-11-25(12-9-19)17-18-4-2-1-3-5-18)10-15-31(27,28)20-6-7-21-22(16-20)30-14-13-29-21/h1-7,16,19H,8-15,17H2,(H,24,26). The maximum atomic E-state index is 12.6. The summed E-state index contributed by atoms with van der Waals surface area (Å²) in [6.07, 6.45) is 1.68. The number of carbonyl (C=O) groups is 1. The third-order valence-electron chi connectivity index (χ3n) is 5.67. The fourth-order valence-electron chi connectivity index (χ4n) is 3.94. The molecule has 4 rings (SSSR count). The van der Waals surface area contributed by atoms with Crippen molar-refractivity contribution in [2.45, 2.75) is 36.7 Å². The molecule has 7 nitrogen and oxygen atoms in total. The van der Waals surface area contributed by atoms with Crippen LogP contribution in [0.3, 0.4) is 0 Å². The molecule has 31 heavy (non-hydrogen) atoms. The van der Waals surface area contributed by atoms with E-state index in [0.717, 1.165) is 32.5 Å². The molecule has 2 heterocycles. The molecule has 1 amide bonds. The van der Waals surface area contributed by atoms with E-state index in [0.29, 0.717) is 24.7 Å². The van der Waals surface area contributed by atoms with Gasteiger partial charge in [0.15, 0.2) is 21.3 Å². The van der Waals surface area contributed by atoms with E-state index >= 15 is 0 Å². The SMILES string of the molecule is O=C(CCS(=O)(=O)c1ccc2c(c1)OCCO2)NC1CCN(Cc2ccccc2)CC1. The molecule has 0 saturated carbocycles. The lowest BCUT2D eigenvalue weighted by molar-refractivity contribution is -0.121. The molecule has 0 unspecified atom stereocenters. The van der Waals surface area contributed by atoms with Crippen molar-refractivity contribution in [2.24, 2.45) is 0 Å². The first kappa shape index (κ1) is 21.6. The zero-order valence-electron chi connectivity index (χ0n) is 17.5. The van der Waals surface area contributed by atoms with Crippen LogP contribution in [0.25, 0.3) is 0 Å². The summed E-state index contributed by atoms with van der Waals surface area (Å²) in [7, 11) is -3.58. The lowest BCUT2D eigenvalue weighted by atomic mass is 10.0. The second-order valence-corrected chi connectivity index (χ2v) is 10.1. The Labute approximate surface area is 183 Å². The number of hydrogen-bond acceptors (Lipinski definition) is 6. The summed E-state index contributed by atoms with van der Waals surface area (Å²) < 4.78 is 36.2. The van der Waals surface area contributed by atoms with E-state index in [-0.39, 0.29) is 29.0 Å². The maximum Gasteiger partial charge on any atom is 0.221 e. The number of likely N-dealkylation sites (tertiary alicyclic amines) is 1. The number of benzene rings is 2. The van der Waals surface area contributed by atoms with Crippen molar-refractivity contribution < 1.29 is 22.7 Å². The largest absolute Gasteiger partial charge is 0.486 e. The van der Waals surface area contributed by atoms with Crippen LogP contribution in [-0.4, -0.2) is 57.3 Å². The molecule has 0 radical (unpaired) electrons. The molecular weight excluding hydrogens is 416 g/mol. The zero-order chi connectivity index (χ0) is 21.7. The lowest BCUT2D eigenvalue weighted by Crippen LogP contribution is -2.44. The Morgan fingerprint density at radius 3 is 2.45 bits per heavy atom. The summed E-state index contributed by atoms with van der Waals surface area (Å²) in [5.41, 5.74) is 1.29. The van der Waals surface area contributed by atoms with E-state index in [4.69, 9.17) is 9.47 Å². The van der Waals surface area contributed by atoms with Gasteiger partial charge in [-0.3, -0.25) is 9.69 Å². The number of sulfone groups is 1. The Morgan fingerprint density at radius 1 is 1.00 bits per heavy atom. The molecule has 2 aliphatic rings. The average molecular weight is 445 g/mol. The molecule has 166 valence electrons. The first-order valence-corrected chi connectivity index (χ1v) is 12.3. The highest BCUT2D eigenvalue weighted by atomic mass is 32.2. The molecule has 1 saturated heterocycles. The average Bonchev–Trinajstić information content (AvgIpc) is 2.79. The van der Waals surface area contributed by atoms with Gasteiger partial charge in [-0.25, -0.2) is 8.42 Å². The third kappa shape index (κ3) is 5.77. The first-order valence-electron chi connectivity index (χ1n) is 10.7. The summed E-state index contributed by atoms with van der Waals surface area (Å²) >= 11 is 0. The number of nitrogens with zero attached hydrogens (tertiary/aromatic N) is 1. The Balaban J connectivity index is 1.23. The number of amides is 1. The van der Waals surface area contributed by atoms with Crippen LogP contribution in [0.15, 0.2) is 53.4 Å². The van der Waals surface area contributed by atoms with Gasteiger partial charge in [-0.05, 0) is 30.5 Å². The molecule has 1 N–H and O–H groups in total. The molecular formula is C23H28N2O5S. The quantitative estimate of drug-likeness (QED) is 0.706. The molecule has 2 aromatic rings. The Hall–Kier alpha value is -2.58. The van der Waals surface area contributed by atoms with Gasteiger partial charge in [-0.15, -0.1) is 0 Å². The molecule has 0 atom stereocenters. The van der Waals surface area contributed by atoms with Gasteiger partial charge in [-0.2, -0.15) is 0 Å². The molecule has 0 aliphatic carbocycles. The molecule has 1 fully saturated rings. The van der Waals surface area contributed by atoms with Crippen molar-refractivity contribution in [3.8, 4) is 11.5 Å². The normalized spacial score (nSPS) is 17.3. The monoisotopic (exact) mass is 444 g/mol. The van der Waals surface area contributed by atoms with Crippen LogP contribution in [0, 0.1) is 0 Å². The van der Waals surface area contributed by atoms with E-state index in [1.807, 2.05) is 18.2 Å². The summed E-state index contributed by atoms with van der Waals surface area (Å²) in [5, 5.41) is 3.00. The van der Waals surface area contributed by atoms with Gasteiger partial charge in [0.05, 0.1) is 10.6 Å². The Morgan fingerprint density at radius 2 is 1.71 bits per heavy atom. The van der Waals surface area contributed by atoms with Crippen molar-refractivity contribution in [2.75, 3.05) is 32.1 Å². The van der Waals surface area contributed by atoms with Crippen LogP contribution in [0.1, 0.15) is 24.8 Å². The second kappa shape index (κ2) is 9.70. The lowest BCUT2D eigenvalue weighted by Gasteiger charge is -2.32. The van der Waals surface area contributed by atoms with Crippen LogP contribution in [-0.2, 0) is 21.2 Å². The fraction of sp³-hybridized carbons (Fsp3) is 0.435. The summed E-state index contributed by atoms with van der Waals surface area (Å²) in [4.78, 5) is 14.9. The number of fused-ring (bicyclic) bond motifs is 1. The van der Waals surface area contributed by atoms with Gasteiger partial charge in [0.25, 0.3) is 0 Å². The summed E-state index contributed by atoms with van der Waals surface area (Å²) in [6.45, 7) is 3.58. The molecule has 0 aromatic heterocycles. The number of hydrogen-bond donors (Lipinski definition) is 1. The topological polar surface area (TPSA) is 84.9 Å². The Bertz CT molecular complexity index is 1000. The van der Waals surface area contributed by atoms with Crippen molar-refractivity contribution in [1.82, 2.24) is 10.2 Å². The number of carbonyl (C=O) groups excluding carboxylic acids is 1. The maximum absolute atomic E-state index is 12.6. The molecule has 8 heteroatoms. The van der Waals surface area contributed by atoms with Gasteiger partial charge in [0.1, 0.15) is 13.2 Å². The minimum atomic E-state index is -3.58. The first-order chi connectivity index (χ1) is 15.0. The van der Waals surface area contributed by atoms with Crippen molar-refractivity contribution >= 4 is 15.7 Å². The van der Waals surface area contributed by atoms with E-state index in [2.05, 4.69) is 22.3 Å². The van der Waals surface area contributed by atoms with Crippen molar-refractivity contribution in [3.05, 3.63) is 54.1 Å². The third-order valence-corrected chi connectivity index (χ3v) is 7.39. The molecule has 2 aliphatic heterocycles. The highest BCUT2D eigenvalue weighted by Gasteiger charge is 2.23. The fourth-order valence-corrected chi connectivity index (χ4v) is 5.19. The number of ether oxygens (including phenoxy) is 2. The van der Waals surface area contributed by atoms with Crippen molar-refractivity contribution in [1.29, 1.82) is 0 Å². The van der Waals surface area contributed by atoms with Crippen LogP contribution in [0.2, 0.25) is 0 Å². The van der Waals surface area contributed by atoms with Gasteiger partial charge in [-0.1, -0.05) is 30.3 Å². The second-order valence-electron chi connectivity index (χ2n) is 7.98. The van der Waals surface area contributed by atoms with E-state index < -0.39 is 9.84 Å². The van der Waals surface area contributed by atoms with Crippen LogP contribution in [0.5, 0.6) is 11.5 Å². The van der Waals surface area contributed by atoms with E-state index in [9.17, 15) is 13.2 Å². The number of piperidine rings is 1.